The van der Waals surface area contributed by atoms with Crippen LogP contribution in [0.1, 0.15) is 57.4 Å². The Morgan fingerprint density at radius 2 is 1.90 bits per heavy atom. The second kappa shape index (κ2) is 9.02. The van der Waals surface area contributed by atoms with Crippen LogP contribution in [0.5, 0.6) is 5.75 Å². The van der Waals surface area contributed by atoms with Gasteiger partial charge in [-0.2, -0.15) is 0 Å². The molecule has 0 atom stereocenters. The van der Waals surface area contributed by atoms with Gasteiger partial charge in [0, 0.05) is 6.54 Å². The summed E-state index contributed by atoms with van der Waals surface area (Å²) in [6.45, 7) is 5.05. The molecule has 0 aromatic heterocycles. The lowest BCUT2D eigenvalue weighted by Crippen LogP contribution is -2.15. The van der Waals surface area contributed by atoms with Crippen LogP contribution in [0, 0.1) is 5.92 Å². The lowest BCUT2D eigenvalue weighted by Gasteiger charge is -2.10. The van der Waals surface area contributed by atoms with Crippen LogP contribution in [0.4, 0.5) is 0 Å². The monoisotopic (exact) mass is 275 g/mol. The van der Waals surface area contributed by atoms with Crippen LogP contribution in [-0.2, 0) is 6.54 Å². The van der Waals surface area contributed by atoms with Crippen molar-refractivity contribution in [1.29, 1.82) is 0 Å². The highest BCUT2D eigenvalue weighted by molar-refractivity contribution is 5.27. The summed E-state index contributed by atoms with van der Waals surface area (Å²) < 4.78 is 5.59. The van der Waals surface area contributed by atoms with E-state index in [1.54, 1.807) is 0 Å². The van der Waals surface area contributed by atoms with E-state index in [4.69, 9.17) is 4.74 Å². The molecule has 112 valence electrons. The molecule has 0 saturated heterocycles. The van der Waals surface area contributed by atoms with Crippen molar-refractivity contribution in [2.75, 3.05) is 13.2 Å². The molecular weight excluding hydrogens is 246 g/mol. The van der Waals surface area contributed by atoms with E-state index in [0.717, 1.165) is 37.8 Å². The van der Waals surface area contributed by atoms with E-state index in [0.29, 0.717) is 0 Å². The molecule has 1 aliphatic carbocycles. The second-order valence-electron chi connectivity index (χ2n) is 5.96. The van der Waals surface area contributed by atoms with Crippen molar-refractivity contribution in [2.45, 2.75) is 58.4 Å². The highest BCUT2D eigenvalue weighted by Gasteiger charge is 2.13. The third kappa shape index (κ3) is 5.54. The fourth-order valence-electron chi connectivity index (χ4n) is 2.97. The highest BCUT2D eigenvalue weighted by atomic mass is 16.5. The van der Waals surface area contributed by atoms with Crippen molar-refractivity contribution in [3.8, 4) is 5.75 Å². The minimum atomic E-state index is 0.804. The molecule has 2 heteroatoms. The van der Waals surface area contributed by atoms with Crippen LogP contribution in [0.3, 0.4) is 0 Å². The number of rotatable bonds is 9. The standard InChI is InChI=1S/C18H29NO/c1-2-14-20-18-11-9-17(10-12-18)15-19-13-5-8-16-6-3-4-7-16/h9-12,16,19H,2-8,13-15H2,1H3. The molecule has 20 heavy (non-hydrogen) atoms. The molecule has 0 heterocycles. The number of ether oxygens (including phenoxy) is 1. The van der Waals surface area contributed by atoms with Crippen molar-refractivity contribution < 1.29 is 4.74 Å². The summed E-state index contributed by atoms with van der Waals surface area (Å²) in [5.74, 6) is 2.00. The Hall–Kier alpha value is -1.02. The van der Waals surface area contributed by atoms with Gasteiger partial charge in [-0.15, -0.1) is 0 Å². The number of nitrogens with one attached hydrogen (secondary N) is 1. The zero-order chi connectivity index (χ0) is 14.0. The third-order valence-corrected chi connectivity index (χ3v) is 4.17. The number of hydrogen-bond acceptors (Lipinski definition) is 2. The lowest BCUT2D eigenvalue weighted by molar-refractivity contribution is 0.317. The molecule has 1 saturated carbocycles. The van der Waals surface area contributed by atoms with Crippen molar-refractivity contribution >= 4 is 0 Å². The maximum atomic E-state index is 5.59. The summed E-state index contributed by atoms with van der Waals surface area (Å²) in [5, 5.41) is 3.55. The van der Waals surface area contributed by atoms with Crippen molar-refractivity contribution in [2.24, 2.45) is 5.92 Å². The van der Waals surface area contributed by atoms with Crippen LogP contribution in [-0.4, -0.2) is 13.2 Å². The summed E-state index contributed by atoms with van der Waals surface area (Å²) in [6.07, 6.45) is 9.66. The second-order valence-corrected chi connectivity index (χ2v) is 5.96. The van der Waals surface area contributed by atoms with E-state index in [1.807, 2.05) is 0 Å². The highest BCUT2D eigenvalue weighted by Crippen LogP contribution is 2.28. The Balaban J connectivity index is 1.56. The number of benzene rings is 1. The molecule has 0 spiro atoms. The molecule has 0 bridgehead atoms. The van der Waals surface area contributed by atoms with Gasteiger partial charge in [-0.25, -0.2) is 0 Å². The molecule has 0 amide bonds. The van der Waals surface area contributed by atoms with E-state index in [1.165, 1.54) is 44.1 Å². The summed E-state index contributed by atoms with van der Waals surface area (Å²) in [4.78, 5) is 0. The van der Waals surface area contributed by atoms with Crippen LogP contribution in [0.25, 0.3) is 0 Å². The minimum absolute atomic E-state index is 0.804. The molecule has 0 aliphatic heterocycles. The molecule has 0 radical (unpaired) electrons. The normalized spacial score (nSPS) is 15.7. The molecule has 0 unspecified atom stereocenters. The van der Waals surface area contributed by atoms with Gasteiger partial charge in [-0.05, 0) is 49.4 Å². The van der Waals surface area contributed by atoms with Gasteiger partial charge in [0.05, 0.1) is 6.61 Å². The minimum Gasteiger partial charge on any atom is -0.494 e. The predicted molar refractivity (Wildman–Crippen MR) is 85.1 cm³/mol. The van der Waals surface area contributed by atoms with E-state index in [2.05, 4.69) is 36.5 Å². The number of hydrogen-bond donors (Lipinski definition) is 1. The van der Waals surface area contributed by atoms with Crippen LogP contribution >= 0.6 is 0 Å². The molecule has 1 aromatic rings. The Morgan fingerprint density at radius 1 is 1.15 bits per heavy atom. The molecule has 2 rings (SSSR count). The first-order valence-corrected chi connectivity index (χ1v) is 8.31. The summed E-state index contributed by atoms with van der Waals surface area (Å²) in [6, 6.07) is 8.47. The van der Waals surface area contributed by atoms with Gasteiger partial charge < -0.3 is 10.1 Å². The Labute approximate surface area is 123 Å². The van der Waals surface area contributed by atoms with Gasteiger partial charge in [0.15, 0.2) is 0 Å². The molecule has 1 fully saturated rings. The van der Waals surface area contributed by atoms with E-state index < -0.39 is 0 Å². The van der Waals surface area contributed by atoms with E-state index in [-0.39, 0.29) is 0 Å². The maximum absolute atomic E-state index is 5.59. The Bertz CT molecular complexity index is 354. The first kappa shape index (κ1) is 15.4. The Kier molecular flexibility index (Phi) is 6.93. The summed E-state index contributed by atoms with van der Waals surface area (Å²) in [5.41, 5.74) is 1.34. The average Bonchev–Trinajstić information content (AvgIpc) is 2.99. The van der Waals surface area contributed by atoms with E-state index >= 15 is 0 Å². The molecule has 2 nitrogen and oxygen atoms in total. The first-order valence-electron chi connectivity index (χ1n) is 8.31. The largest absolute Gasteiger partial charge is 0.494 e. The summed E-state index contributed by atoms with van der Waals surface area (Å²) in [7, 11) is 0. The average molecular weight is 275 g/mol. The maximum Gasteiger partial charge on any atom is 0.119 e. The fourth-order valence-corrected chi connectivity index (χ4v) is 2.97. The lowest BCUT2D eigenvalue weighted by atomic mass is 10.0. The van der Waals surface area contributed by atoms with Crippen molar-refractivity contribution in [3.63, 3.8) is 0 Å². The zero-order valence-corrected chi connectivity index (χ0v) is 12.9. The quantitative estimate of drug-likeness (QED) is 0.668. The van der Waals surface area contributed by atoms with Crippen LogP contribution in [0.15, 0.2) is 24.3 Å². The zero-order valence-electron chi connectivity index (χ0n) is 12.9. The first-order chi connectivity index (χ1) is 9.88. The van der Waals surface area contributed by atoms with Crippen molar-refractivity contribution in [1.82, 2.24) is 5.32 Å². The third-order valence-electron chi connectivity index (χ3n) is 4.17. The van der Waals surface area contributed by atoms with Gasteiger partial charge in [-0.1, -0.05) is 44.7 Å². The topological polar surface area (TPSA) is 21.3 Å². The smallest absolute Gasteiger partial charge is 0.119 e. The SMILES string of the molecule is CCCOc1ccc(CNCCCC2CCCC2)cc1. The van der Waals surface area contributed by atoms with Crippen LogP contribution < -0.4 is 10.1 Å². The van der Waals surface area contributed by atoms with Crippen LogP contribution in [0.2, 0.25) is 0 Å². The fraction of sp³-hybridized carbons (Fsp3) is 0.667. The predicted octanol–water partition coefficient (Wildman–Crippen LogP) is 4.54. The van der Waals surface area contributed by atoms with Gasteiger partial charge in [0.1, 0.15) is 5.75 Å². The summed E-state index contributed by atoms with van der Waals surface area (Å²) >= 11 is 0. The molecule has 1 aliphatic rings. The molecule has 1 N–H and O–H groups in total. The van der Waals surface area contributed by atoms with Gasteiger partial charge in [-0.3, -0.25) is 0 Å². The van der Waals surface area contributed by atoms with E-state index in [9.17, 15) is 0 Å². The van der Waals surface area contributed by atoms with Gasteiger partial charge >= 0.3 is 0 Å². The van der Waals surface area contributed by atoms with Gasteiger partial charge in [0.2, 0.25) is 0 Å². The molecular formula is C18H29NO. The van der Waals surface area contributed by atoms with Gasteiger partial charge in [0.25, 0.3) is 0 Å². The van der Waals surface area contributed by atoms with Crippen molar-refractivity contribution in [3.05, 3.63) is 29.8 Å². The Morgan fingerprint density at radius 3 is 2.60 bits per heavy atom. The molecule has 1 aromatic carbocycles.